The van der Waals surface area contributed by atoms with Crippen LogP contribution in [0.2, 0.25) is 0 Å². The highest BCUT2D eigenvalue weighted by Crippen LogP contribution is 2.25. The second kappa shape index (κ2) is 6.46. The molecule has 0 spiro atoms. The van der Waals surface area contributed by atoms with Crippen LogP contribution in [-0.2, 0) is 18.3 Å². The van der Waals surface area contributed by atoms with Gasteiger partial charge in [-0.1, -0.05) is 13.8 Å². The van der Waals surface area contributed by atoms with Crippen molar-refractivity contribution < 1.29 is 4.79 Å². The molecular formula is C17H26N4O. The number of pyridine rings is 1. The van der Waals surface area contributed by atoms with Gasteiger partial charge in [0.1, 0.15) is 0 Å². The van der Waals surface area contributed by atoms with Crippen molar-refractivity contribution >= 4 is 16.9 Å². The molecule has 0 atom stereocenters. The van der Waals surface area contributed by atoms with Gasteiger partial charge in [-0.3, -0.25) is 9.48 Å². The molecule has 2 aromatic heterocycles. The van der Waals surface area contributed by atoms with Gasteiger partial charge in [-0.2, -0.15) is 5.10 Å². The van der Waals surface area contributed by atoms with E-state index in [4.69, 9.17) is 0 Å². The Morgan fingerprint density at radius 3 is 2.55 bits per heavy atom. The normalized spacial score (nSPS) is 11.4. The number of carbonyl (C=O) groups excluding carboxylic acids is 1. The number of carbonyl (C=O) groups is 1. The summed E-state index contributed by atoms with van der Waals surface area (Å²) >= 11 is 0. The van der Waals surface area contributed by atoms with Crippen LogP contribution >= 0.6 is 0 Å². The Balaban J connectivity index is 2.21. The van der Waals surface area contributed by atoms with Crippen LogP contribution in [0.4, 0.5) is 0 Å². The van der Waals surface area contributed by atoms with Crippen molar-refractivity contribution in [1.29, 1.82) is 0 Å². The zero-order chi connectivity index (χ0) is 16.4. The Morgan fingerprint density at radius 2 is 1.91 bits per heavy atom. The van der Waals surface area contributed by atoms with Crippen LogP contribution in [0.25, 0.3) is 11.0 Å². The Labute approximate surface area is 132 Å². The topological polar surface area (TPSA) is 59.8 Å². The molecule has 0 aliphatic rings. The van der Waals surface area contributed by atoms with Crippen LogP contribution in [0.15, 0.2) is 0 Å². The fraction of sp³-hybridized carbons (Fsp3) is 0.588. The predicted octanol–water partition coefficient (Wildman–Crippen LogP) is 2.60. The molecule has 0 saturated carbocycles. The Morgan fingerprint density at radius 1 is 1.23 bits per heavy atom. The number of rotatable bonds is 5. The lowest BCUT2D eigenvalue weighted by Gasteiger charge is -2.12. The number of fused-ring (bicyclic) bond motifs is 1. The quantitative estimate of drug-likeness (QED) is 0.923. The SMILES string of the molecule is Cc1nc2c(c(C)nn2C)c(C)c1CCC(=O)NCC(C)C. The summed E-state index contributed by atoms with van der Waals surface area (Å²) in [6.07, 6.45) is 1.22. The fourth-order valence-corrected chi connectivity index (χ4v) is 2.88. The molecule has 0 fully saturated rings. The first-order valence-electron chi connectivity index (χ1n) is 7.87. The van der Waals surface area contributed by atoms with E-state index in [1.54, 1.807) is 0 Å². The molecule has 5 nitrogen and oxygen atoms in total. The maximum absolute atomic E-state index is 11.9. The van der Waals surface area contributed by atoms with Crippen molar-refractivity contribution in [2.45, 2.75) is 47.5 Å². The van der Waals surface area contributed by atoms with E-state index in [-0.39, 0.29) is 5.91 Å². The fourth-order valence-electron chi connectivity index (χ4n) is 2.88. The number of nitrogens with one attached hydrogen (secondary N) is 1. The summed E-state index contributed by atoms with van der Waals surface area (Å²) in [7, 11) is 1.92. The first kappa shape index (κ1) is 16.5. The molecule has 0 bridgehead atoms. The lowest BCUT2D eigenvalue weighted by molar-refractivity contribution is -0.121. The molecule has 120 valence electrons. The summed E-state index contributed by atoms with van der Waals surface area (Å²) in [6, 6.07) is 0. The van der Waals surface area contributed by atoms with Gasteiger partial charge in [0, 0.05) is 31.1 Å². The summed E-state index contributed by atoms with van der Waals surface area (Å²) in [5.41, 5.74) is 5.27. The van der Waals surface area contributed by atoms with Gasteiger partial charge in [0.15, 0.2) is 5.65 Å². The van der Waals surface area contributed by atoms with Crippen LogP contribution in [-0.4, -0.2) is 27.2 Å². The van der Waals surface area contributed by atoms with E-state index >= 15 is 0 Å². The highest BCUT2D eigenvalue weighted by atomic mass is 16.1. The maximum Gasteiger partial charge on any atom is 0.220 e. The molecule has 0 aliphatic carbocycles. The number of aryl methyl sites for hydroxylation is 4. The second-order valence-corrected chi connectivity index (χ2v) is 6.41. The van der Waals surface area contributed by atoms with Crippen molar-refractivity contribution in [3.8, 4) is 0 Å². The molecule has 2 heterocycles. The third-order valence-corrected chi connectivity index (χ3v) is 4.04. The first-order valence-corrected chi connectivity index (χ1v) is 7.87. The highest BCUT2D eigenvalue weighted by molar-refractivity contribution is 5.84. The van der Waals surface area contributed by atoms with Crippen LogP contribution in [0.3, 0.4) is 0 Å². The van der Waals surface area contributed by atoms with E-state index in [0.29, 0.717) is 12.3 Å². The van der Waals surface area contributed by atoms with Gasteiger partial charge in [-0.05, 0) is 44.2 Å². The molecule has 5 heteroatoms. The number of hydrogen-bond donors (Lipinski definition) is 1. The second-order valence-electron chi connectivity index (χ2n) is 6.41. The van der Waals surface area contributed by atoms with Crippen LogP contribution < -0.4 is 5.32 Å². The molecule has 0 saturated heterocycles. The minimum Gasteiger partial charge on any atom is -0.356 e. The molecular weight excluding hydrogens is 276 g/mol. The molecule has 0 unspecified atom stereocenters. The molecule has 22 heavy (non-hydrogen) atoms. The zero-order valence-corrected chi connectivity index (χ0v) is 14.4. The van der Waals surface area contributed by atoms with Crippen LogP contribution in [0.5, 0.6) is 0 Å². The number of aromatic nitrogens is 3. The van der Waals surface area contributed by atoms with Gasteiger partial charge in [0.25, 0.3) is 0 Å². The zero-order valence-electron chi connectivity index (χ0n) is 14.4. The molecule has 0 aliphatic heterocycles. The van der Waals surface area contributed by atoms with Gasteiger partial charge in [0.05, 0.1) is 5.69 Å². The average molecular weight is 302 g/mol. The lowest BCUT2D eigenvalue weighted by atomic mass is 9.99. The molecule has 1 amide bonds. The van der Waals surface area contributed by atoms with E-state index in [2.05, 4.69) is 36.2 Å². The summed E-state index contributed by atoms with van der Waals surface area (Å²) < 4.78 is 1.82. The largest absolute Gasteiger partial charge is 0.356 e. The van der Waals surface area contributed by atoms with Crippen LogP contribution in [0.1, 0.15) is 42.8 Å². The van der Waals surface area contributed by atoms with Crippen LogP contribution in [0, 0.1) is 26.7 Å². The third kappa shape index (κ3) is 3.29. The molecule has 0 radical (unpaired) electrons. The van der Waals surface area contributed by atoms with E-state index in [9.17, 15) is 4.79 Å². The first-order chi connectivity index (χ1) is 10.3. The Kier molecular flexibility index (Phi) is 4.84. The van der Waals surface area contributed by atoms with Crippen molar-refractivity contribution in [2.75, 3.05) is 6.54 Å². The molecule has 2 aromatic rings. The highest BCUT2D eigenvalue weighted by Gasteiger charge is 2.16. The van der Waals surface area contributed by atoms with Gasteiger partial charge < -0.3 is 5.32 Å². The van der Waals surface area contributed by atoms with Crippen molar-refractivity contribution in [3.05, 3.63) is 22.5 Å². The molecule has 1 N–H and O–H groups in total. The summed E-state index contributed by atoms with van der Waals surface area (Å²) in [4.78, 5) is 16.6. The minimum atomic E-state index is 0.107. The summed E-state index contributed by atoms with van der Waals surface area (Å²) in [5, 5.41) is 8.54. The van der Waals surface area contributed by atoms with Gasteiger partial charge in [-0.15, -0.1) is 0 Å². The summed E-state index contributed by atoms with van der Waals surface area (Å²) in [6.45, 7) is 11.0. The number of amides is 1. The van der Waals surface area contributed by atoms with Gasteiger partial charge >= 0.3 is 0 Å². The standard InChI is InChI=1S/C17H26N4O/c1-10(2)9-18-15(22)8-7-14-11(3)16-13(5)20-21(6)17(16)19-12(14)4/h10H,7-9H2,1-6H3,(H,18,22). The van der Waals surface area contributed by atoms with Gasteiger partial charge in [0.2, 0.25) is 5.91 Å². The average Bonchev–Trinajstić information content (AvgIpc) is 2.71. The van der Waals surface area contributed by atoms with Crippen molar-refractivity contribution in [1.82, 2.24) is 20.1 Å². The van der Waals surface area contributed by atoms with E-state index < -0.39 is 0 Å². The predicted molar refractivity (Wildman–Crippen MR) is 88.9 cm³/mol. The van der Waals surface area contributed by atoms with Crippen molar-refractivity contribution in [2.24, 2.45) is 13.0 Å². The smallest absolute Gasteiger partial charge is 0.220 e. The lowest BCUT2D eigenvalue weighted by Crippen LogP contribution is -2.27. The number of hydrogen-bond acceptors (Lipinski definition) is 3. The van der Waals surface area contributed by atoms with Gasteiger partial charge in [-0.25, -0.2) is 4.98 Å². The number of nitrogens with zero attached hydrogens (tertiary/aromatic N) is 3. The monoisotopic (exact) mass is 302 g/mol. The third-order valence-electron chi connectivity index (χ3n) is 4.04. The molecule has 2 rings (SSSR count). The maximum atomic E-state index is 11.9. The van der Waals surface area contributed by atoms with Crippen molar-refractivity contribution in [3.63, 3.8) is 0 Å². The molecule has 0 aromatic carbocycles. The van der Waals surface area contributed by atoms with E-state index in [1.165, 1.54) is 11.1 Å². The van der Waals surface area contributed by atoms with E-state index in [1.807, 2.05) is 25.6 Å². The Bertz CT molecular complexity index is 700. The van der Waals surface area contributed by atoms with E-state index in [0.717, 1.165) is 35.4 Å². The minimum absolute atomic E-state index is 0.107. The Hall–Kier alpha value is -1.91. The summed E-state index contributed by atoms with van der Waals surface area (Å²) in [5.74, 6) is 0.582.